The highest BCUT2D eigenvalue weighted by atomic mass is 16.1. The summed E-state index contributed by atoms with van der Waals surface area (Å²) in [5.74, 6) is 0.922. The molecule has 4 aromatic rings. The fourth-order valence-electron chi connectivity index (χ4n) is 3.33. The van der Waals surface area contributed by atoms with E-state index >= 15 is 0 Å². The summed E-state index contributed by atoms with van der Waals surface area (Å²) in [6, 6.07) is 10.6. The highest BCUT2D eigenvalue weighted by Gasteiger charge is 2.25. The molecule has 0 bridgehead atoms. The van der Waals surface area contributed by atoms with Crippen molar-refractivity contribution in [2.45, 2.75) is 25.2 Å². The Morgan fingerprint density at radius 1 is 1.11 bits per heavy atom. The smallest absolute Gasteiger partial charge is 0.229 e. The predicted molar refractivity (Wildman–Crippen MR) is 105 cm³/mol. The normalized spacial score (nSPS) is 13.7. The molecule has 1 amide bonds. The SMILES string of the molecule is O=C(Cc1ccc2[nH]c(-c3ccn[nH]3)cc(=O)c2c1)Nc1cc(C2CC2)[nH]n1. The number of anilines is 1. The van der Waals surface area contributed by atoms with Crippen molar-refractivity contribution in [2.24, 2.45) is 0 Å². The van der Waals surface area contributed by atoms with Gasteiger partial charge >= 0.3 is 0 Å². The Morgan fingerprint density at radius 2 is 2.00 bits per heavy atom. The lowest BCUT2D eigenvalue weighted by atomic mass is 10.1. The van der Waals surface area contributed by atoms with Gasteiger partial charge in [-0.15, -0.1) is 0 Å². The van der Waals surface area contributed by atoms with Crippen molar-refractivity contribution in [3.05, 3.63) is 64.1 Å². The van der Waals surface area contributed by atoms with Gasteiger partial charge in [0.15, 0.2) is 11.2 Å². The maximum Gasteiger partial charge on any atom is 0.229 e. The molecule has 0 unspecified atom stereocenters. The molecule has 3 aromatic heterocycles. The Balaban J connectivity index is 1.35. The van der Waals surface area contributed by atoms with E-state index in [1.807, 2.05) is 18.2 Å². The van der Waals surface area contributed by atoms with Crippen LogP contribution in [0.4, 0.5) is 5.82 Å². The number of aromatic amines is 3. The molecule has 1 saturated carbocycles. The lowest BCUT2D eigenvalue weighted by Gasteiger charge is -2.06. The largest absolute Gasteiger partial charge is 0.353 e. The number of amides is 1. The van der Waals surface area contributed by atoms with Crippen molar-refractivity contribution in [3.8, 4) is 11.4 Å². The lowest BCUT2D eigenvalue weighted by molar-refractivity contribution is -0.115. The van der Waals surface area contributed by atoms with Crippen LogP contribution in [0.1, 0.15) is 30.0 Å². The first-order valence-electron chi connectivity index (χ1n) is 9.16. The van der Waals surface area contributed by atoms with Gasteiger partial charge in [-0.25, -0.2) is 0 Å². The minimum absolute atomic E-state index is 0.109. The molecule has 1 aliphatic rings. The highest BCUT2D eigenvalue weighted by molar-refractivity contribution is 5.92. The summed E-state index contributed by atoms with van der Waals surface area (Å²) in [6.45, 7) is 0. The summed E-state index contributed by atoms with van der Waals surface area (Å²) in [5.41, 5.74) is 3.85. The third kappa shape index (κ3) is 3.20. The minimum atomic E-state index is -0.168. The zero-order chi connectivity index (χ0) is 19.1. The Hall–Kier alpha value is -3.68. The van der Waals surface area contributed by atoms with Gasteiger partial charge in [-0.1, -0.05) is 6.07 Å². The van der Waals surface area contributed by atoms with E-state index in [9.17, 15) is 9.59 Å². The van der Waals surface area contributed by atoms with Gasteiger partial charge in [0, 0.05) is 40.8 Å². The molecule has 1 aromatic carbocycles. The van der Waals surface area contributed by atoms with Crippen LogP contribution in [0.15, 0.2) is 47.4 Å². The molecule has 8 heteroatoms. The molecule has 4 N–H and O–H groups in total. The number of rotatable bonds is 5. The third-order valence-corrected chi connectivity index (χ3v) is 4.93. The van der Waals surface area contributed by atoms with Crippen molar-refractivity contribution in [2.75, 3.05) is 5.32 Å². The summed E-state index contributed by atoms with van der Waals surface area (Å²) < 4.78 is 0. The number of aromatic nitrogens is 5. The zero-order valence-corrected chi connectivity index (χ0v) is 15.0. The molecule has 0 atom stereocenters. The van der Waals surface area contributed by atoms with Gasteiger partial charge in [-0.05, 0) is 36.6 Å². The van der Waals surface area contributed by atoms with Crippen LogP contribution in [0.25, 0.3) is 22.3 Å². The second-order valence-corrected chi connectivity index (χ2v) is 7.11. The topological polar surface area (TPSA) is 119 Å². The van der Waals surface area contributed by atoms with Crippen LogP contribution in [0.3, 0.4) is 0 Å². The fourth-order valence-corrected chi connectivity index (χ4v) is 3.33. The summed E-state index contributed by atoms with van der Waals surface area (Å²) in [4.78, 5) is 28.1. The third-order valence-electron chi connectivity index (χ3n) is 4.93. The number of pyridine rings is 1. The maximum atomic E-state index is 12.5. The molecule has 0 radical (unpaired) electrons. The first kappa shape index (κ1) is 16.5. The molecule has 5 rings (SSSR count). The van der Waals surface area contributed by atoms with Crippen LogP contribution < -0.4 is 10.7 Å². The Bertz CT molecular complexity index is 1220. The van der Waals surface area contributed by atoms with E-state index in [-0.39, 0.29) is 17.8 Å². The number of benzene rings is 1. The van der Waals surface area contributed by atoms with Crippen molar-refractivity contribution in [3.63, 3.8) is 0 Å². The number of hydrogen-bond acceptors (Lipinski definition) is 4. The molecular formula is C20H18N6O2. The van der Waals surface area contributed by atoms with E-state index in [1.165, 1.54) is 18.9 Å². The van der Waals surface area contributed by atoms with Crippen LogP contribution in [-0.4, -0.2) is 31.3 Å². The van der Waals surface area contributed by atoms with Gasteiger partial charge in [0.1, 0.15) is 0 Å². The van der Waals surface area contributed by atoms with Crippen LogP contribution in [-0.2, 0) is 11.2 Å². The molecular weight excluding hydrogens is 356 g/mol. The van der Waals surface area contributed by atoms with E-state index in [1.54, 1.807) is 18.3 Å². The molecule has 140 valence electrons. The van der Waals surface area contributed by atoms with E-state index in [2.05, 4.69) is 30.7 Å². The summed E-state index contributed by atoms with van der Waals surface area (Å²) >= 11 is 0. The fraction of sp³-hybridized carbons (Fsp3) is 0.200. The van der Waals surface area contributed by atoms with Crippen LogP contribution in [0, 0.1) is 0 Å². The van der Waals surface area contributed by atoms with E-state index in [0.717, 1.165) is 17.0 Å². The van der Waals surface area contributed by atoms with Gasteiger partial charge in [-0.3, -0.25) is 19.8 Å². The van der Waals surface area contributed by atoms with E-state index in [4.69, 9.17) is 0 Å². The molecule has 1 fully saturated rings. The van der Waals surface area contributed by atoms with Crippen molar-refractivity contribution in [1.29, 1.82) is 0 Å². The quantitative estimate of drug-likeness (QED) is 0.429. The first-order chi connectivity index (χ1) is 13.7. The average molecular weight is 374 g/mol. The molecule has 0 saturated heterocycles. The van der Waals surface area contributed by atoms with E-state index in [0.29, 0.717) is 28.3 Å². The van der Waals surface area contributed by atoms with Crippen molar-refractivity contribution < 1.29 is 4.79 Å². The van der Waals surface area contributed by atoms with Gasteiger partial charge in [0.2, 0.25) is 5.91 Å². The Kier molecular flexibility index (Phi) is 3.82. The number of nitrogens with zero attached hydrogens (tertiary/aromatic N) is 2. The number of nitrogens with one attached hydrogen (secondary N) is 4. The van der Waals surface area contributed by atoms with Gasteiger partial charge in [0.25, 0.3) is 0 Å². The standard InChI is InChI=1S/C20H18N6O2/c27-18-9-17(15-5-6-21-24-15)22-14-4-1-11(7-13(14)18)8-20(28)23-19-10-16(25-26-19)12-2-3-12/h1,4-7,9-10,12H,2-3,8H2,(H,21,24)(H,22,27)(H2,23,25,26,28). The number of carbonyl (C=O) groups excluding carboxylic acids is 1. The molecule has 28 heavy (non-hydrogen) atoms. The Morgan fingerprint density at radius 3 is 2.79 bits per heavy atom. The first-order valence-corrected chi connectivity index (χ1v) is 9.16. The van der Waals surface area contributed by atoms with Crippen LogP contribution in [0.2, 0.25) is 0 Å². The second-order valence-electron chi connectivity index (χ2n) is 7.11. The monoisotopic (exact) mass is 374 g/mol. The number of fused-ring (bicyclic) bond motifs is 1. The van der Waals surface area contributed by atoms with E-state index < -0.39 is 0 Å². The van der Waals surface area contributed by atoms with Gasteiger partial charge in [0.05, 0.1) is 17.8 Å². The van der Waals surface area contributed by atoms with Gasteiger partial charge in [-0.2, -0.15) is 10.2 Å². The predicted octanol–water partition coefficient (Wildman–Crippen LogP) is 2.70. The lowest BCUT2D eigenvalue weighted by Crippen LogP contribution is -2.15. The molecule has 0 aliphatic heterocycles. The highest BCUT2D eigenvalue weighted by Crippen LogP contribution is 2.39. The number of carbonyl (C=O) groups is 1. The van der Waals surface area contributed by atoms with Gasteiger partial charge < -0.3 is 10.3 Å². The maximum absolute atomic E-state index is 12.5. The number of H-pyrrole nitrogens is 3. The van der Waals surface area contributed by atoms with Crippen LogP contribution >= 0.6 is 0 Å². The Labute approximate surface area is 159 Å². The molecule has 0 spiro atoms. The summed E-state index contributed by atoms with van der Waals surface area (Å²) in [7, 11) is 0. The van der Waals surface area contributed by atoms with Crippen molar-refractivity contribution in [1.82, 2.24) is 25.4 Å². The second kappa shape index (κ2) is 6.49. The number of hydrogen-bond donors (Lipinski definition) is 4. The minimum Gasteiger partial charge on any atom is -0.353 e. The average Bonchev–Trinajstić information content (AvgIpc) is 3.18. The molecule has 1 aliphatic carbocycles. The molecule has 3 heterocycles. The summed E-state index contributed by atoms with van der Waals surface area (Å²) in [5, 5.41) is 17.2. The molecule has 8 nitrogen and oxygen atoms in total. The summed E-state index contributed by atoms with van der Waals surface area (Å²) in [6.07, 6.45) is 4.14. The zero-order valence-electron chi connectivity index (χ0n) is 15.0. The van der Waals surface area contributed by atoms with Crippen molar-refractivity contribution >= 4 is 22.6 Å². The van der Waals surface area contributed by atoms with Crippen LogP contribution in [0.5, 0.6) is 0 Å².